The summed E-state index contributed by atoms with van der Waals surface area (Å²) in [7, 11) is 0. The first-order valence-corrected chi connectivity index (χ1v) is 12.5. The van der Waals surface area contributed by atoms with E-state index in [-0.39, 0.29) is 23.6 Å². The minimum atomic E-state index is -0.165. The molecule has 0 aromatic carbocycles. The standard InChI is InChI=1S/C23H30N4O2S2/c1-15-8-16(2)10-27(9-15)23(3,4)13-24-19(28)11-26-14-25-21-20(22(26)29)17(12-31-21)18-6-5-7-30-18/h5-7,12,14-16H,8-11,13H2,1-4H3,(H,24,28). The van der Waals surface area contributed by atoms with Crippen LogP contribution >= 0.6 is 22.7 Å². The number of likely N-dealkylation sites (tertiary alicyclic amines) is 1. The van der Waals surface area contributed by atoms with Gasteiger partial charge in [-0.3, -0.25) is 19.1 Å². The van der Waals surface area contributed by atoms with Crippen molar-refractivity contribution in [2.75, 3.05) is 19.6 Å². The average molecular weight is 459 g/mol. The van der Waals surface area contributed by atoms with E-state index in [0.717, 1.165) is 23.5 Å². The lowest BCUT2D eigenvalue weighted by molar-refractivity contribution is -0.122. The maximum atomic E-state index is 13.1. The van der Waals surface area contributed by atoms with Gasteiger partial charge < -0.3 is 5.32 Å². The van der Waals surface area contributed by atoms with Crippen LogP contribution in [0.3, 0.4) is 0 Å². The molecule has 1 amide bonds. The Kier molecular flexibility index (Phi) is 6.32. The fourth-order valence-corrected chi connectivity index (χ4v) is 6.21. The number of thiophene rings is 2. The van der Waals surface area contributed by atoms with Gasteiger partial charge in [0.25, 0.3) is 5.56 Å². The smallest absolute Gasteiger partial charge is 0.263 e. The number of piperidine rings is 1. The summed E-state index contributed by atoms with van der Waals surface area (Å²) in [6.07, 6.45) is 2.74. The topological polar surface area (TPSA) is 67.2 Å². The number of nitrogens with zero attached hydrogens (tertiary/aromatic N) is 3. The summed E-state index contributed by atoms with van der Waals surface area (Å²) in [5.41, 5.74) is 0.602. The van der Waals surface area contributed by atoms with Crippen LogP contribution in [0.4, 0.5) is 0 Å². The minimum absolute atomic E-state index is 0.0234. The van der Waals surface area contributed by atoms with Crippen LogP contribution in [0.15, 0.2) is 34.0 Å². The summed E-state index contributed by atoms with van der Waals surface area (Å²) in [6.45, 7) is 11.6. The van der Waals surface area contributed by atoms with Crippen molar-refractivity contribution < 1.29 is 4.79 Å². The highest BCUT2D eigenvalue weighted by Gasteiger charge is 2.32. The van der Waals surface area contributed by atoms with Crippen molar-refractivity contribution in [1.29, 1.82) is 0 Å². The van der Waals surface area contributed by atoms with Gasteiger partial charge in [-0.1, -0.05) is 19.9 Å². The summed E-state index contributed by atoms with van der Waals surface area (Å²) in [6, 6.07) is 3.97. The third-order valence-corrected chi connectivity index (χ3v) is 7.89. The maximum absolute atomic E-state index is 13.1. The summed E-state index contributed by atoms with van der Waals surface area (Å²) in [5.74, 6) is 1.17. The largest absolute Gasteiger partial charge is 0.353 e. The molecule has 4 heterocycles. The molecule has 2 atom stereocenters. The van der Waals surface area contributed by atoms with Crippen LogP contribution in [-0.4, -0.2) is 45.5 Å². The summed E-state index contributed by atoms with van der Waals surface area (Å²) in [5, 5.41) is 7.61. The second-order valence-corrected chi connectivity index (χ2v) is 11.2. The van der Waals surface area contributed by atoms with Crippen LogP contribution in [0.5, 0.6) is 0 Å². The molecule has 166 valence electrons. The van der Waals surface area contributed by atoms with Crippen molar-refractivity contribution in [3.05, 3.63) is 39.6 Å². The summed E-state index contributed by atoms with van der Waals surface area (Å²) in [4.78, 5) is 34.5. The maximum Gasteiger partial charge on any atom is 0.263 e. The number of amides is 1. The van der Waals surface area contributed by atoms with Crippen molar-refractivity contribution >= 4 is 38.8 Å². The van der Waals surface area contributed by atoms with E-state index in [1.165, 1.54) is 28.7 Å². The average Bonchev–Trinajstić information content (AvgIpc) is 3.37. The SMILES string of the molecule is CC1CC(C)CN(C(C)(C)CNC(=O)Cn2cnc3scc(-c4cccs4)c3c2=O)C1. The van der Waals surface area contributed by atoms with Crippen molar-refractivity contribution in [3.63, 3.8) is 0 Å². The highest BCUT2D eigenvalue weighted by atomic mass is 32.1. The van der Waals surface area contributed by atoms with E-state index in [1.54, 1.807) is 11.3 Å². The predicted octanol–water partition coefficient (Wildman–Crippen LogP) is 4.06. The molecule has 1 N–H and O–H groups in total. The Hall–Kier alpha value is -2.03. The number of fused-ring (bicyclic) bond motifs is 1. The molecule has 0 bridgehead atoms. The molecule has 1 aliphatic rings. The number of hydrogen-bond acceptors (Lipinski definition) is 6. The molecule has 0 aliphatic carbocycles. The van der Waals surface area contributed by atoms with Crippen LogP contribution in [0.25, 0.3) is 20.7 Å². The second-order valence-electron chi connectivity index (χ2n) is 9.42. The van der Waals surface area contributed by atoms with Crippen LogP contribution in [0.2, 0.25) is 0 Å². The zero-order valence-corrected chi connectivity index (χ0v) is 20.2. The highest BCUT2D eigenvalue weighted by molar-refractivity contribution is 7.18. The lowest BCUT2D eigenvalue weighted by Crippen LogP contribution is -2.56. The van der Waals surface area contributed by atoms with Crippen LogP contribution in [0, 0.1) is 11.8 Å². The van der Waals surface area contributed by atoms with Crippen molar-refractivity contribution in [3.8, 4) is 10.4 Å². The number of rotatable bonds is 6. The van der Waals surface area contributed by atoms with Gasteiger partial charge in [0.15, 0.2) is 0 Å². The molecular formula is C23H30N4O2S2. The Morgan fingerprint density at radius 2 is 2.00 bits per heavy atom. The molecule has 1 saturated heterocycles. The number of hydrogen-bond donors (Lipinski definition) is 1. The zero-order chi connectivity index (χ0) is 22.2. The van der Waals surface area contributed by atoms with E-state index in [9.17, 15) is 9.59 Å². The minimum Gasteiger partial charge on any atom is -0.353 e. The van der Waals surface area contributed by atoms with Crippen LogP contribution in [0.1, 0.15) is 34.1 Å². The van der Waals surface area contributed by atoms with E-state index in [2.05, 4.69) is 42.9 Å². The van der Waals surface area contributed by atoms with Gasteiger partial charge in [0.1, 0.15) is 11.4 Å². The quantitative estimate of drug-likeness (QED) is 0.605. The van der Waals surface area contributed by atoms with Gasteiger partial charge in [-0.05, 0) is 43.6 Å². The molecule has 31 heavy (non-hydrogen) atoms. The molecule has 4 rings (SSSR count). The second kappa shape index (κ2) is 8.84. The number of nitrogens with one attached hydrogen (secondary N) is 1. The first kappa shape index (κ1) is 22.2. The Morgan fingerprint density at radius 1 is 1.26 bits per heavy atom. The van der Waals surface area contributed by atoms with Gasteiger partial charge >= 0.3 is 0 Å². The lowest BCUT2D eigenvalue weighted by Gasteiger charge is -2.45. The summed E-state index contributed by atoms with van der Waals surface area (Å²) < 4.78 is 1.42. The Bertz CT molecular complexity index is 1110. The van der Waals surface area contributed by atoms with Crippen molar-refractivity contribution in [2.24, 2.45) is 11.8 Å². The number of carbonyl (C=O) groups excluding carboxylic acids is 1. The zero-order valence-electron chi connectivity index (χ0n) is 18.6. The van der Waals surface area contributed by atoms with E-state index >= 15 is 0 Å². The Morgan fingerprint density at radius 3 is 2.68 bits per heavy atom. The van der Waals surface area contributed by atoms with E-state index in [1.807, 2.05) is 22.9 Å². The van der Waals surface area contributed by atoms with E-state index in [0.29, 0.717) is 28.6 Å². The van der Waals surface area contributed by atoms with Gasteiger partial charge in [0.05, 0.1) is 11.7 Å². The predicted molar refractivity (Wildman–Crippen MR) is 129 cm³/mol. The van der Waals surface area contributed by atoms with Gasteiger partial charge in [0.2, 0.25) is 5.91 Å². The molecule has 8 heteroatoms. The third-order valence-electron chi connectivity index (χ3n) is 6.10. The lowest BCUT2D eigenvalue weighted by atomic mass is 9.88. The van der Waals surface area contributed by atoms with E-state index < -0.39 is 0 Å². The Labute approximate surface area is 190 Å². The molecule has 1 aliphatic heterocycles. The van der Waals surface area contributed by atoms with Gasteiger partial charge in [-0.2, -0.15) is 0 Å². The van der Waals surface area contributed by atoms with Crippen LogP contribution in [-0.2, 0) is 11.3 Å². The van der Waals surface area contributed by atoms with Crippen molar-refractivity contribution in [1.82, 2.24) is 19.8 Å². The third kappa shape index (κ3) is 4.76. The van der Waals surface area contributed by atoms with E-state index in [4.69, 9.17) is 0 Å². The van der Waals surface area contributed by atoms with Gasteiger partial charge in [-0.15, -0.1) is 22.7 Å². The molecule has 1 fully saturated rings. The van der Waals surface area contributed by atoms with Gasteiger partial charge in [-0.25, -0.2) is 4.98 Å². The molecule has 6 nitrogen and oxygen atoms in total. The monoisotopic (exact) mass is 458 g/mol. The molecule has 0 radical (unpaired) electrons. The fourth-order valence-electron chi connectivity index (χ4n) is 4.49. The first-order chi connectivity index (χ1) is 14.7. The molecule has 3 aromatic rings. The first-order valence-electron chi connectivity index (χ1n) is 10.8. The number of carbonyl (C=O) groups is 1. The molecule has 2 unspecified atom stereocenters. The summed E-state index contributed by atoms with van der Waals surface area (Å²) >= 11 is 3.06. The van der Waals surface area contributed by atoms with Crippen molar-refractivity contribution in [2.45, 2.75) is 46.2 Å². The molecule has 3 aromatic heterocycles. The van der Waals surface area contributed by atoms with Crippen LogP contribution < -0.4 is 10.9 Å². The normalized spacial score (nSPS) is 20.3. The Balaban J connectivity index is 1.46. The highest BCUT2D eigenvalue weighted by Crippen LogP contribution is 2.33. The van der Waals surface area contributed by atoms with Gasteiger partial charge in [0, 0.05) is 41.0 Å². The molecule has 0 saturated carbocycles. The molecular weight excluding hydrogens is 428 g/mol. The fraction of sp³-hybridized carbons (Fsp3) is 0.522. The molecule has 0 spiro atoms. The number of aromatic nitrogens is 2.